The molecule has 3 heterocycles. The molecule has 0 radical (unpaired) electrons. The number of piperidine rings is 2. The fourth-order valence-electron chi connectivity index (χ4n) is 6.48. The van der Waals surface area contributed by atoms with Crippen LogP contribution in [0.25, 0.3) is 0 Å². The summed E-state index contributed by atoms with van der Waals surface area (Å²) in [5.41, 5.74) is 6.23. The number of aryl methyl sites for hydroxylation is 1. The van der Waals surface area contributed by atoms with Crippen LogP contribution in [-0.4, -0.2) is 91.4 Å². The van der Waals surface area contributed by atoms with Gasteiger partial charge in [0.2, 0.25) is 15.9 Å². The Morgan fingerprint density at radius 2 is 1.69 bits per heavy atom. The van der Waals surface area contributed by atoms with Crippen LogP contribution in [0.4, 0.5) is 19.3 Å². The molecule has 0 aliphatic carbocycles. The molecule has 2 saturated heterocycles. The van der Waals surface area contributed by atoms with Gasteiger partial charge in [0.15, 0.2) is 0 Å². The standard InChI is InChI=1S/C36H46F2N6O6S/c1-4-5-16-44(36(46)41-33-21-30(35(39)45)31(37)22-32(33)38)26-12-17-42(18-13-26)23-25-6-11-34(40-24(25)2)50-28-7-9-29(10-8-28)51(47,48)43-19-14-27(49-3)15-20-43/h6-11,21-22,26-27H,4-5,12-20,23H2,1-3H3,(H2,39,45)(H,41,46). The van der Waals surface area contributed by atoms with Crippen LogP contribution < -0.4 is 15.8 Å². The van der Waals surface area contributed by atoms with Crippen LogP contribution in [0.3, 0.4) is 0 Å². The maximum absolute atomic E-state index is 14.5. The third-order valence-electron chi connectivity index (χ3n) is 9.56. The summed E-state index contributed by atoms with van der Waals surface area (Å²) in [6.45, 7) is 7.32. The molecule has 1 aromatic heterocycles. The zero-order valence-corrected chi connectivity index (χ0v) is 30.1. The number of benzene rings is 2. The minimum absolute atomic E-state index is 0.0839. The molecule has 2 aliphatic heterocycles. The second-order valence-electron chi connectivity index (χ2n) is 13.0. The summed E-state index contributed by atoms with van der Waals surface area (Å²) in [7, 11) is -1.96. The predicted octanol–water partition coefficient (Wildman–Crippen LogP) is 5.66. The van der Waals surface area contributed by atoms with Gasteiger partial charge in [0.1, 0.15) is 17.4 Å². The van der Waals surface area contributed by atoms with Crippen molar-refractivity contribution in [3.63, 3.8) is 0 Å². The van der Waals surface area contributed by atoms with Crippen molar-refractivity contribution in [2.75, 3.05) is 45.2 Å². The smallest absolute Gasteiger partial charge is 0.322 e. The van der Waals surface area contributed by atoms with Crippen molar-refractivity contribution >= 4 is 27.6 Å². The molecule has 0 saturated carbocycles. The Labute approximate surface area is 297 Å². The lowest BCUT2D eigenvalue weighted by molar-refractivity contribution is 0.0604. The largest absolute Gasteiger partial charge is 0.439 e. The number of nitrogens with two attached hydrogens (primary N) is 1. The zero-order chi connectivity index (χ0) is 36.7. The SMILES string of the molecule is CCCCN(C(=O)Nc1cc(C(N)=O)c(F)cc1F)C1CCN(Cc2ccc(Oc3ccc(S(=O)(=O)N4CCC(OC)CC4)cc3)nc2C)CC1. The Balaban J connectivity index is 1.15. The Morgan fingerprint density at radius 3 is 2.29 bits per heavy atom. The number of unbranched alkanes of at least 4 members (excludes halogenated alkanes) is 1. The lowest BCUT2D eigenvalue weighted by Gasteiger charge is -2.38. The van der Waals surface area contributed by atoms with Crippen LogP contribution in [-0.2, 0) is 21.3 Å². The van der Waals surface area contributed by atoms with E-state index in [9.17, 15) is 26.8 Å². The maximum Gasteiger partial charge on any atom is 0.322 e. The van der Waals surface area contributed by atoms with Gasteiger partial charge in [0.25, 0.3) is 5.91 Å². The lowest BCUT2D eigenvalue weighted by atomic mass is 10.0. The Bertz CT molecular complexity index is 1800. The first-order chi connectivity index (χ1) is 24.4. The van der Waals surface area contributed by atoms with E-state index in [-0.39, 0.29) is 22.7 Å². The van der Waals surface area contributed by atoms with Gasteiger partial charge < -0.3 is 25.4 Å². The van der Waals surface area contributed by atoms with Crippen molar-refractivity contribution in [1.82, 2.24) is 19.1 Å². The van der Waals surface area contributed by atoms with Crippen molar-refractivity contribution in [2.24, 2.45) is 5.73 Å². The van der Waals surface area contributed by atoms with Crippen LogP contribution in [0, 0.1) is 18.6 Å². The van der Waals surface area contributed by atoms with Gasteiger partial charge >= 0.3 is 6.03 Å². The molecule has 5 rings (SSSR count). The van der Waals surface area contributed by atoms with E-state index in [1.165, 1.54) is 4.31 Å². The summed E-state index contributed by atoms with van der Waals surface area (Å²) >= 11 is 0. The Morgan fingerprint density at radius 1 is 1.00 bits per heavy atom. The number of halogens is 2. The van der Waals surface area contributed by atoms with Crippen molar-refractivity contribution in [3.8, 4) is 11.6 Å². The number of anilines is 1. The highest BCUT2D eigenvalue weighted by Crippen LogP contribution is 2.28. The van der Waals surface area contributed by atoms with Gasteiger partial charge in [-0.05, 0) is 74.9 Å². The molecule has 51 heavy (non-hydrogen) atoms. The lowest BCUT2D eigenvalue weighted by Crippen LogP contribution is -2.49. The fraction of sp³-hybridized carbons (Fsp3) is 0.472. The number of carbonyl (C=O) groups is 2. The summed E-state index contributed by atoms with van der Waals surface area (Å²) in [6.07, 6.45) is 4.41. The number of pyridine rings is 1. The van der Waals surface area contributed by atoms with Crippen LogP contribution in [0.2, 0.25) is 0 Å². The quantitative estimate of drug-likeness (QED) is 0.229. The highest BCUT2D eigenvalue weighted by atomic mass is 32.2. The van der Waals surface area contributed by atoms with E-state index in [2.05, 4.69) is 15.2 Å². The van der Waals surface area contributed by atoms with Gasteiger partial charge in [-0.15, -0.1) is 0 Å². The predicted molar refractivity (Wildman–Crippen MR) is 188 cm³/mol. The number of methoxy groups -OCH3 is 1. The van der Waals surface area contributed by atoms with E-state index >= 15 is 0 Å². The van der Waals surface area contributed by atoms with Gasteiger partial charge in [0.05, 0.1) is 22.3 Å². The number of amides is 3. The maximum atomic E-state index is 14.5. The summed E-state index contributed by atoms with van der Waals surface area (Å²) < 4.78 is 67.5. The second-order valence-corrected chi connectivity index (χ2v) is 14.9. The van der Waals surface area contributed by atoms with Gasteiger partial charge in [-0.25, -0.2) is 27.0 Å². The highest BCUT2D eigenvalue weighted by molar-refractivity contribution is 7.89. The second kappa shape index (κ2) is 16.9. The highest BCUT2D eigenvalue weighted by Gasteiger charge is 2.30. The minimum Gasteiger partial charge on any atom is -0.439 e. The molecule has 3 amide bonds. The number of aromatic nitrogens is 1. The number of rotatable bonds is 13. The molecule has 0 bridgehead atoms. The van der Waals surface area contributed by atoms with Gasteiger partial charge in [-0.1, -0.05) is 19.4 Å². The van der Waals surface area contributed by atoms with E-state index in [1.54, 1.807) is 42.3 Å². The molecular formula is C36H46F2N6O6S. The molecule has 12 nitrogen and oxygen atoms in total. The molecule has 2 aromatic carbocycles. The van der Waals surface area contributed by atoms with Crippen molar-refractivity contribution in [2.45, 2.75) is 76.0 Å². The van der Waals surface area contributed by atoms with Gasteiger partial charge in [-0.3, -0.25) is 9.69 Å². The monoisotopic (exact) mass is 728 g/mol. The van der Waals surface area contributed by atoms with Crippen LogP contribution in [0.15, 0.2) is 53.4 Å². The van der Waals surface area contributed by atoms with E-state index in [4.69, 9.17) is 15.2 Å². The molecule has 2 fully saturated rings. The van der Waals surface area contributed by atoms with E-state index in [0.717, 1.165) is 30.2 Å². The number of sulfonamides is 1. The molecule has 3 N–H and O–H groups in total. The van der Waals surface area contributed by atoms with Crippen molar-refractivity contribution < 1.29 is 36.3 Å². The number of ether oxygens (including phenoxy) is 2. The Kier molecular flexibility index (Phi) is 12.6. The fourth-order valence-corrected chi connectivity index (χ4v) is 7.95. The summed E-state index contributed by atoms with van der Waals surface area (Å²) in [4.78, 5) is 33.7. The number of nitrogens with zero attached hydrogens (tertiary/aromatic N) is 4. The molecule has 276 valence electrons. The summed E-state index contributed by atoms with van der Waals surface area (Å²) in [6, 6.07) is 11.0. The third kappa shape index (κ3) is 9.39. The Hall–Kier alpha value is -4.18. The summed E-state index contributed by atoms with van der Waals surface area (Å²) in [5.74, 6) is -2.27. The number of carbonyl (C=O) groups excluding carboxylic acids is 2. The molecule has 0 atom stereocenters. The molecule has 3 aromatic rings. The van der Waals surface area contributed by atoms with E-state index in [0.29, 0.717) is 82.6 Å². The zero-order valence-electron chi connectivity index (χ0n) is 29.2. The van der Waals surface area contributed by atoms with Crippen LogP contribution in [0.5, 0.6) is 11.6 Å². The summed E-state index contributed by atoms with van der Waals surface area (Å²) in [5, 5.41) is 2.52. The van der Waals surface area contributed by atoms with Gasteiger partial charge in [0, 0.05) is 70.2 Å². The topological polar surface area (TPSA) is 147 Å². The van der Waals surface area contributed by atoms with E-state index < -0.39 is 39.2 Å². The van der Waals surface area contributed by atoms with E-state index in [1.807, 2.05) is 19.9 Å². The average molecular weight is 729 g/mol. The third-order valence-corrected chi connectivity index (χ3v) is 11.5. The number of primary amides is 1. The molecule has 0 unspecified atom stereocenters. The molecule has 2 aliphatic rings. The molecular weight excluding hydrogens is 682 g/mol. The normalized spacial score (nSPS) is 16.6. The number of hydrogen-bond acceptors (Lipinski definition) is 8. The number of nitrogens with one attached hydrogen (secondary N) is 1. The van der Waals surface area contributed by atoms with Gasteiger partial charge in [-0.2, -0.15) is 4.31 Å². The first-order valence-electron chi connectivity index (χ1n) is 17.3. The average Bonchev–Trinajstić information content (AvgIpc) is 3.11. The van der Waals surface area contributed by atoms with Crippen molar-refractivity contribution in [3.05, 3.63) is 77.0 Å². The molecule has 0 spiro atoms. The number of urea groups is 1. The number of hydrogen-bond donors (Lipinski definition) is 2. The number of likely N-dealkylation sites (tertiary alicyclic amines) is 1. The van der Waals surface area contributed by atoms with Crippen LogP contribution >= 0.6 is 0 Å². The molecule has 15 heteroatoms. The first-order valence-corrected chi connectivity index (χ1v) is 18.7. The minimum atomic E-state index is -3.61. The van der Waals surface area contributed by atoms with Crippen LogP contribution in [0.1, 0.15) is 67.1 Å². The first kappa shape index (κ1) is 38.1. The van der Waals surface area contributed by atoms with Crippen molar-refractivity contribution in [1.29, 1.82) is 0 Å².